The van der Waals surface area contributed by atoms with Gasteiger partial charge in [0, 0.05) is 12.6 Å². The predicted octanol–water partition coefficient (Wildman–Crippen LogP) is 1.49. The summed E-state index contributed by atoms with van der Waals surface area (Å²) in [6.45, 7) is 4.60. The molecule has 0 spiro atoms. The summed E-state index contributed by atoms with van der Waals surface area (Å²) in [6.07, 6.45) is 3.68. The van der Waals surface area contributed by atoms with Crippen LogP contribution < -0.4 is 5.32 Å². The van der Waals surface area contributed by atoms with E-state index >= 15 is 0 Å². The molecule has 0 aromatic carbocycles. The number of rotatable bonds is 4. The van der Waals surface area contributed by atoms with Crippen molar-refractivity contribution in [1.29, 1.82) is 0 Å². The van der Waals surface area contributed by atoms with E-state index in [0.29, 0.717) is 12.6 Å². The third-order valence-corrected chi connectivity index (χ3v) is 2.83. The van der Waals surface area contributed by atoms with Crippen molar-refractivity contribution in [3.8, 4) is 0 Å². The van der Waals surface area contributed by atoms with Gasteiger partial charge in [-0.05, 0) is 25.2 Å². The van der Waals surface area contributed by atoms with Crippen LogP contribution >= 0.6 is 0 Å². The highest BCUT2D eigenvalue weighted by Gasteiger charge is 2.21. The van der Waals surface area contributed by atoms with Crippen molar-refractivity contribution in [3.63, 3.8) is 0 Å². The third kappa shape index (κ3) is 3.35. The van der Waals surface area contributed by atoms with Crippen molar-refractivity contribution in [1.82, 2.24) is 5.32 Å². The molecule has 1 aliphatic rings. The van der Waals surface area contributed by atoms with Gasteiger partial charge in [-0.3, -0.25) is 4.79 Å². The lowest BCUT2D eigenvalue weighted by molar-refractivity contribution is -0.140. The monoisotopic (exact) mass is 185 g/mol. The van der Waals surface area contributed by atoms with Crippen molar-refractivity contribution < 1.29 is 9.90 Å². The van der Waals surface area contributed by atoms with Crippen molar-refractivity contribution in [2.75, 3.05) is 6.54 Å². The molecule has 1 aliphatic carbocycles. The highest BCUT2D eigenvalue weighted by Crippen LogP contribution is 2.24. The Bertz CT molecular complexity index is 182. The molecule has 3 atom stereocenters. The van der Waals surface area contributed by atoms with Crippen molar-refractivity contribution >= 4 is 5.97 Å². The van der Waals surface area contributed by atoms with Crippen LogP contribution in [0.4, 0.5) is 0 Å². The van der Waals surface area contributed by atoms with E-state index in [-0.39, 0.29) is 5.92 Å². The molecule has 13 heavy (non-hydrogen) atoms. The van der Waals surface area contributed by atoms with Crippen LogP contribution in [0.5, 0.6) is 0 Å². The highest BCUT2D eigenvalue weighted by atomic mass is 16.4. The minimum Gasteiger partial charge on any atom is -0.481 e. The van der Waals surface area contributed by atoms with Crippen LogP contribution in [0.1, 0.15) is 33.1 Å². The Morgan fingerprint density at radius 1 is 1.62 bits per heavy atom. The maximum absolute atomic E-state index is 10.5. The molecule has 0 aromatic heterocycles. The lowest BCUT2D eigenvalue weighted by Gasteiger charge is -2.14. The van der Waals surface area contributed by atoms with E-state index in [9.17, 15) is 4.79 Å². The molecule has 0 amide bonds. The number of nitrogens with one attached hydrogen (secondary N) is 1. The second kappa shape index (κ2) is 4.61. The van der Waals surface area contributed by atoms with E-state index in [2.05, 4.69) is 12.2 Å². The maximum Gasteiger partial charge on any atom is 0.307 e. The molecule has 2 N–H and O–H groups in total. The zero-order valence-electron chi connectivity index (χ0n) is 8.42. The van der Waals surface area contributed by atoms with Gasteiger partial charge in [-0.25, -0.2) is 0 Å². The van der Waals surface area contributed by atoms with Crippen LogP contribution in [0, 0.1) is 11.8 Å². The highest BCUT2D eigenvalue weighted by molar-refractivity contribution is 5.69. The molecule has 3 heteroatoms. The standard InChI is InChI=1S/C10H19NO2/c1-7-3-4-9(5-7)11-6-8(2)10(12)13/h7-9,11H,3-6H2,1-2H3,(H,12,13). The number of hydrogen-bond acceptors (Lipinski definition) is 2. The molecule has 0 aliphatic heterocycles. The first-order valence-corrected chi connectivity index (χ1v) is 5.05. The molecule has 3 unspecified atom stereocenters. The molecule has 3 nitrogen and oxygen atoms in total. The van der Waals surface area contributed by atoms with Gasteiger partial charge >= 0.3 is 5.97 Å². The number of hydrogen-bond donors (Lipinski definition) is 2. The molecule has 1 rings (SSSR count). The summed E-state index contributed by atoms with van der Waals surface area (Å²) >= 11 is 0. The van der Waals surface area contributed by atoms with Crippen molar-refractivity contribution in [3.05, 3.63) is 0 Å². The average molecular weight is 185 g/mol. The molecule has 0 bridgehead atoms. The smallest absolute Gasteiger partial charge is 0.307 e. The van der Waals surface area contributed by atoms with E-state index in [1.165, 1.54) is 19.3 Å². The number of carboxylic acid groups (broad SMARTS) is 1. The molecule has 0 saturated heterocycles. The Hall–Kier alpha value is -0.570. The van der Waals surface area contributed by atoms with E-state index in [4.69, 9.17) is 5.11 Å². The summed E-state index contributed by atoms with van der Waals surface area (Å²) in [7, 11) is 0. The predicted molar refractivity (Wildman–Crippen MR) is 51.6 cm³/mol. The van der Waals surface area contributed by atoms with Gasteiger partial charge in [0.1, 0.15) is 0 Å². The largest absolute Gasteiger partial charge is 0.481 e. The van der Waals surface area contributed by atoms with Gasteiger partial charge < -0.3 is 10.4 Å². The maximum atomic E-state index is 10.5. The molecule has 1 saturated carbocycles. The van der Waals surface area contributed by atoms with E-state index in [1.54, 1.807) is 6.92 Å². The summed E-state index contributed by atoms with van der Waals surface area (Å²) in [6, 6.07) is 0.553. The minimum absolute atomic E-state index is 0.268. The number of carboxylic acids is 1. The van der Waals surface area contributed by atoms with Crippen molar-refractivity contribution in [2.45, 2.75) is 39.2 Å². The molecule has 0 heterocycles. The quantitative estimate of drug-likeness (QED) is 0.697. The van der Waals surface area contributed by atoms with Gasteiger partial charge in [0.15, 0.2) is 0 Å². The van der Waals surface area contributed by atoms with Crippen LogP contribution in [0.25, 0.3) is 0 Å². The number of carbonyl (C=O) groups is 1. The fourth-order valence-electron chi connectivity index (χ4n) is 1.82. The van der Waals surface area contributed by atoms with Crippen LogP contribution in [0.2, 0.25) is 0 Å². The normalized spacial score (nSPS) is 30.3. The first-order valence-electron chi connectivity index (χ1n) is 5.05. The third-order valence-electron chi connectivity index (χ3n) is 2.83. The molecular formula is C10H19NO2. The fraction of sp³-hybridized carbons (Fsp3) is 0.900. The van der Waals surface area contributed by atoms with Gasteiger partial charge in [-0.2, -0.15) is 0 Å². The Labute approximate surface area is 79.5 Å². The van der Waals surface area contributed by atoms with Gasteiger partial charge in [0.05, 0.1) is 5.92 Å². The Morgan fingerprint density at radius 2 is 2.31 bits per heavy atom. The zero-order valence-corrected chi connectivity index (χ0v) is 8.42. The molecule has 0 radical (unpaired) electrons. The second-order valence-corrected chi connectivity index (χ2v) is 4.26. The molecule has 0 aromatic rings. The Morgan fingerprint density at radius 3 is 2.77 bits per heavy atom. The average Bonchev–Trinajstić information content (AvgIpc) is 2.47. The van der Waals surface area contributed by atoms with Gasteiger partial charge in [-0.15, -0.1) is 0 Å². The second-order valence-electron chi connectivity index (χ2n) is 4.26. The van der Waals surface area contributed by atoms with E-state index in [0.717, 1.165) is 5.92 Å². The first-order chi connectivity index (χ1) is 6.09. The Balaban J connectivity index is 2.16. The van der Waals surface area contributed by atoms with Crippen LogP contribution in [0.15, 0.2) is 0 Å². The van der Waals surface area contributed by atoms with Gasteiger partial charge in [-0.1, -0.05) is 13.8 Å². The van der Waals surface area contributed by atoms with Crippen LogP contribution in [-0.4, -0.2) is 23.7 Å². The zero-order chi connectivity index (χ0) is 9.84. The molecule has 76 valence electrons. The lowest BCUT2D eigenvalue weighted by Crippen LogP contribution is -2.33. The molecular weight excluding hydrogens is 166 g/mol. The van der Waals surface area contributed by atoms with Crippen LogP contribution in [-0.2, 0) is 4.79 Å². The summed E-state index contributed by atoms with van der Waals surface area (Å²) in [5.41, 5.74) is 0. The van der Waals surface area contributed by atoms with E-state index < -0.39 is 5.97 Å². The summed E-state index contributed by atoms with van der Waals surface area (Å²) in [5.74, 6) is -0.174. The topological polar surface area (TPSA) is 49.3 Å². The lowest BCUT2D eigenvalue weighted by atomic mass is 10.1. The summed E-state index contributed by atoms with van der Waals surface area (Å²) in [5, 5.41) is 12.0. The van der Waals surface area contributed by atoms with Gasteiger partial charge in [0.2, 0.25) is 0 Å². The Kier molecular flexibility index (Phi) is 3.72. The minimum atomic E-state index is -0.710. The first kappa shape index (κ1) is 10.5. The number of aliphatic carboxylic acids is 1. The summed E-state index contributed by atoms with van der Waals surface area (Å²) < 4.78 is 0. The summed E-state index contributed by atoms with van der Waals surface area (Å²) in [4.78, 5) is 10.5. The van der Waals surface area contributed by atoms with E-state index in [1.807, 2.05) is 0 Å². The van der Waals surface area contributed by atoms with Crippen LogP contribution in [0.3, 0.4) is 0 Å². The van der Waals surface area contributed by atoms with Gasteiger partial charge in [0.25, 0.3) is 0 Å². The molecule has 1 fully saturated rings. The van der Waals surface area contributed by atoms with Crippen molar-refractivity contribution in [2.24, 2.45) is 11.8 Å². The fourth-order valence-corrected chi connectivity index (χ4v) is 1.82. The SMILES string of the molecule is CC1CCC(NCC(C)C(=O)O)C1.